The SMILES string of the molecule is COc1ccc2cc(C(=O)NC3CCCN(c4ncccn4)C3)c(C)nc2c1. The fourth-order valence-electron chi connectivity index (χ4n) is 3.59. The second-order valence-electron chi connectivity index (χ2n) is 6.99. The number of nitrogens with zero attached hydrogens (tertiary/aromatic N) is 4. The summed E-state index contributed by atoms with van der Waals surface area (Å²) in [6.07, 6.45) is 5.40. The molecule has 1 fully saturated rings. The number of carbonyl (C=O) groups is 1. The van der Waals surface area contributed by atoms with Gasteiger partial charge in [0, 0.05) is 43.0 Å². The lowest BCUT2D eigenvalue weighted by atomic mass is 10.0. The monoisotopic (exact) mass is 377 g/mol. The van der Waals surface area contributed by atoms with Crippen LogP contribution in [0.5, 0.6) is 5.75 Å². The number of carbonyl (C=O) groups excluding carboxylic acids is 1. The van der Waals surface area contributed by atoms with E-state index in [1.54, 1.807) is 25.6 Å². The van der Waals surface area contributed by atoms with Crippen molar-refractivity contribution in [3.05, 3.63) is 54.0 Å². The predicted octanol–water partition coefficient (Wildman–Crippen LogP) is 2.74. The van der Waals surface area contributed by atoms with Crippen LogP contribution in [-0.4, -0.2) is 47.1 Å². The molecule has 1 unspecified atom stereocenters. The van der Waals surface area contributed by atoms with Gasteiger partial charge in [-0.1, -0.05) is 0 Å². The van der Waals surface area contributed by atoms with E-state index < -0.39 is 0 Å². The maximum Gasteiger partial charge on any atom is 0.253 e. The third kappa shape index (κ3) is 3.74. The van der Waals surface area contributed by atoms with Crippen LogP contribution in [0.3, 0.4) is 0 Å². The lowest BCUT2D eigenvalue weighted by Crippen LogP contribution is -2.48. The number of fused-ring (bicyclic) bond motifs is 1. The molecule has 1 aliphatic rings. The minimum absolute atomic E-state index is 0.0519. The number of hydrogen-bond donors (Lipinski definition) is 1. The van der Waals surface area contributed by atoms with Crippen LogP contribution >= 0.6 is 0 Å². The number of nitrogens with one attached hydrogen (secondary N) is 1. The molecule has 0 aliphatic carbocycles. The third-order valence-electron chi connectivity index (χ3n) is 5.05. The summed E-state index contributed by atoms with van der Waals surface area (Å²) < 4.78 is 5.25. The van der Waals surface area contributed by atoms with Crippen LogP contribution in [0.15, 0.2) is 42.7 Å². The Bertz CT molecular complexity index is 993. The van der Waals surface area contributed by atoms with E-state index in [0.717, 1.165) is 36.0 Å². The van der Waals surface area contributed by atoms with Gasteiger partial charge >= 0.3 is 0 Å². The number of ether oxygens (including phenoxy) is 1. The average Bonchev–Trinajstić information content (AvgIpc) is 2.73. The summed E-state index contributed by atoms with van der Waals surface area (Å²) in [6.45, 7) is 3.46. The summed E-state index contributed by atoms with van der Waals surface area (Å²) in [5.74, 6) is 1.37. The first-order valence-corrected chi connectivity index (χ1v) is 9.42. The summed E-state index contributed by atoms with van der Waals surface area (Å²) in [5.41, 5.74) is 2.13. The largest absolute Gasteiger partial charge is 0.497 e. The Morgan fingerprint density at radius 2 is 2.07 bits per heavy atom. The summed E-state index contributed by atoms with van der Waals surface area (Å²) in [7, 11) is 1.63. The van der Waals surface area contributed by atoms with Crippen LogP contribution in [-0.2, 0) is 0 Å². The van der Waals surface area contributed by atoms with Gasteiger partial charge in [-0.3, -0.25) is 9.78 Å². The van der Waals surface area contributed by atoms with Gasteiger partial charge in [-0.05, 0) is 44.0 Å². The lowest BCUT2D eigenvalue weighted by molar-refractivity contribution is 0.0932. The first kappa shape index (κ1) is 18.2. The smallest absolute Gasteiger partial charge is 0.253 e. The molecule has 0 spiro atoms. The lowest BCUT2D eigenvalue weighted by Gasteiger charge is -2.33. The van der Waals surface area contributed by atoms with Crippen molar-refractivity contribution in [2.75, 3.05) is 25.1 Å². The first-order valence-electron chi connectivity index (χ1n) is 9.42. The molecule has 7 nitrogen and oxygen atoms in total. The number of piperidine rings is 1. The molecule has 1 amide bonds. The highest BCUT2D eigenvalue weighted by Crippen LogP contribution is 2.22. The number of benzene rings is 1. The molecule has 1 saturated heterocycles. The Morgan fingerprint density at radius 3 is 2.86 bits per heavy atom. The van der Waals surface area contributed by atoms with Crippen molar-refractivity contribution in [1.29, 1.82) is 0 Å². The molecule has 3 aromatic rings. The van der Waals surface area contributed by atoms with Crippen LogP contribution in [0.1, 0.15) is 28.9 Å². The fraction of sp³-hybridized carbons (Fsp3) is 0.333. The molecule has 0 saturated carbocycles. The molecule has 7 heteroatoms. The van der Waals surface area contributed by atoms with Gasteiger partial charge in [0.1, 0.15) is 5.75 Å². The molecule has 1 aliphatic heterocycles. The molecule has 28 heavy (non-hydrogen) atoms. The van der Waals surface area contributed by atoms with Gasteiger partial charge in [0.2, 0.25) is 5.95 Å². The molecule has 3 heterocycles. The van der Waals surface area contributed by atoms with E-state index in [1.807, 2.05) is 31.2 Å². The molecule has 1 aromatic carbocycles. The molecule has 144 valence electrons. The quantitative estimate of drug-likeness (QED) is 0.753. The van der Waals surface area contributed by atoms with Gasteiger partial charge in [-0.2, -0.15) is 0 Å². The van der Waals surface area contributed by atoms with E-state index in [2.05, 4.69) is 25.2 Å². The molecule has 2 aromatic heterocycles. The van der Waals surface area contributed by atoms with E-state index in [9.17, 15) is 4.79 Å². The van der Waals surface area contributed by atoms with E-state index >= 15 is 0 Å². The Balaban J connectivity index is 1.50. The number of amides is 1. The van der Waals surface area contributed by atoms with Crippen molar-refractivity contribution >= 4 is 22.8 Å². The highest BCUT2D eigenvalue weighted by molar-refractivity contribution is 5.99. The zero-order valence-corrected chi connectivity index (χ0v) is 16.1. The Hall–Kier alpha value is -3.22. The van der Waals surface area contributed by atoms with Crippen LogP contribution in [0, 0.1) is 6.92 Å². The number of aromatic nitrogens is 3. The van der Waals surface area contributed by atoms with Gasteiger partial charge < -0.3 is 15.0 Å². The fourth-order valence-corrected chi connectivity index (χ4v) is 3.59. The van der Waals surface area contributed by atoms with Gasteiger partial charge in [0.05, 0.1) is 23.9 Å². The van der Waals surface area contributed by atoms with E-state index in [1.165, 1.54) is 0 Å². The van der Waals surface area contributed by atoms with Gasteiger partial charge in [-0.15, -0.1) is 0 Å². The van der Waals surface area contributed by atoms with E-state index in [0.29, 0.717) is 23.8 Å². The molecule has 1 atom stereocenters. The number of rotatable bonds is 4. The average molecular weight is 377 g/mol. The first-order chi connectivity index (χ1) is 13.6. The second-order valence-corrected chi connectivity index (χ2v) is 6.99. The number of pyridine rings is 1. The van der Waals surface area contributed by atoms with E-state index in [4.69, 9.17) is 4.74 Å². The summed E-state index contributed by atoms with van der Waals surface area (Å²) in [4.78, 5) is 28.3. The van der Waals surface area contributed by atoms with E-state index in [-0.39, 0.29) is 11.9 Å². The molecule has 1 N–H and O–H groups in total. The molecule has 4 rings (SSSR count). The zero-order valence-electron chi connectivity index (χ0n) is 16.1. The summed E-state index contributed by atoms with van der Waals surface area (Å²) in [5, 5.41) is 4.08. The van der Waals surface area contributed by atoms with Crippen molar-refractivity contribution in [3.63, 3.8) is 0 Å². The highest BCUT2D eigenvalue weighted by Gasteiger charge is 2.24. The number of aryl methyl sites for hydroxylation is 1. The van der Waals surface area contributed by atoms with Crippen LogP contribution in [0.25, 0.3) is 10.9 Å². The molecular formula is C21H23N5O2. The predicted molar refractivity (Wildman–Crippen MR) is 108 cm³/mol. The summed E-state index contributed by atoms with van der Waals surface area (Å²) in [6, 6.07) is 9.43. The molecular weight excluding hydrogens is 354 g/mol. The Morgan fingerprint density at radius 1 is 1.25 bits per heavy atom. The van der Waals surface area contributed by atoms with Gasteiger partial charge in [-0.25, -0.2) is 9.97 Å². The minimum Gasteiger partial charge on any atom is -0.497 e. The van der Waals surface area contributed by atoms with Crippen molar-refractivity contribution in [1.82, 2.24) is 20.3 Å². The zero-order chi connectivity index (χ0) is 19.5. The Kier molecular flexibility index (Phi) is 5.06. The molecule has 0 radical (unpaired) electrons. The third-order valence-corrected chi connectivity index (χ3v) is 5.05. The summed E-state index contributed by atoms with van der Waals surface area (Å²) >= 11 is 0. The van der Waals surface area contributed by atoms with Crippen LogP contribution in [0.2, 0.25) is 0 Å². The number of anilines is 1. The second kappa shape index (κ2) is 7.80. The number of hydrogen-bond acceptors (Lipinski definition) is 6. The number of methoxy groups -OCH3 is 1. The molecule has 0 bridgehead atoms. The standard InChI is InChI=1S/C21H23N5O2/c1-14-18(11-15-6-7-17(28-2)12-19(15)24-14)20(27)25-16-5-3-10-26(13-16)21-22-8-4-9-23-21/h4,6-9,11-12,16H,3,5,10,13H2,1-2H3,(H,25,27). The Labute approximate surface area is 163 Å². The normalized spacial score (nSPS) is 16.8. The van der Waals surface area contributed by atoms with Crippen molar-refractivity contribution < 1.29 is 9.53 Å². The van der Waals surface area contributed by atoms with Crippen LogP contribution < -0.4 is 15.0 Å². The highest BCUT2D eigenvalue weighted by atomic mass is 16.5. The maximum atomic E-state index is 12.9. The maximum absolute atomic E-state index is 12.9. The van der Waals surface area contributed by atoms with Gasteiger partial charge in [0.25, 0.3) is 5.91 Å². The van der Waals surface area contributed by atoms with Gasteiger partial charge in [0.15, 0.2) is 0 Å². The topological polar surface area (TPSA) is 80.2 Å². The van der Waals surface area contributed by atoms with Crippen molar-refractivity contribution in [2.24, 2.45) is 0 Å². The minimum atomic E-state index is -0.0939. The van der Waals surface area contributed by atoms with Crippen molar-refractivity contribution in [3.8, 4) is 5.75 Å². The van der Waals surface area contributed by atoms with Crippen LogP contribution in [0.4, 0.5) is 5.95 Å². The van der Waals surface area contributed by atoms with Crippen molar-refractivity contribution in [2.45, 2.75) is 25.8 Å².